The van der Waals surface area contributed by atoms with Crippen LogP contribution in [0.4, 0.5) is 5.13 Å². The van der Waals surface area contributed by atoms with Gasteiger partial charge >= 0.3 is 5.97 Å². The molecule has 3 rings (SSSR count). The first-order chi connectivity index (χ1) is 13.2. The molecule has 8 nitrogen and oxygen atoms in total. The predicted octanol–water partition coefficient (Wildman–Crippen LogP) is 3.84. The van der Waals surface area contributed by atoms with Gasteiger partial charge in [-0.05, 0) is 46.4 Å². The molecule has 1 aromatic carbocycles. The highest BCUT2D eigenvalue weighted by Gasteiger charge is 2.46. The van der Waals surface area contributed by atoms with Gasteiger partial charge in [0.05, 0.1) is 21.6 Å². The van der Waals surface area contributed by atoms with Crippen LogP contribution < -0.4 is 9.38 Å². The molecule has 0 spiro atoms. The minimum Gasteiger partial charge on any atom is -0.622 e. The molecule has 1 saturated heterocycles. The second-order valence-corrected chi connectivity index (χ2v) is 9.31. The molecule has 12 heteroatoms. The molecule has 28 heavy (non-hydrogen) atoms. The zero-order valence-corrected chi connectivity index (χ0v) is 18.7. The Labute approximate surface area is 183 Å². The summed E-state index contributed by atoms with van der Waals surface area (Å²) in [6.45, 7) is 0.331. The molecule has 1 aromatic heterocycles. The van der Waals surface area contributed by atoms with Crippen LogP contribution in [0.25, 0.3) is 0 Å². The summed E-state index contributed by atoms with van der Waals surface area (Å²) in [6.07, 6.45) is -0.901. The second kappa shape index (κ2) is 8.80. The SMILES string of the molecule is COC(Oc1cc(Cl)ccc1Cl)C(=O)OC1CN(C)C[N+]1([O-])c1ncc(Br)s1. The number of quaternary nitrogens is 1. The third kappa shape index (κ3) is 4.60. The number of esters is 1. The number of thiazole rings is 1. The van der Waals surface area contributed by atoms with Gasteiger partial charge in [-0.15, -0.1) is 0 Å². The third-order valence-corrected chi connectivity index (χ3v) is 6.09. The van der Waals surface area contributed by atoms with E-state index in [1.165, 1.54) is 36.8 Å². The maximum atomic E-state index is 13.4. The van der Waals surface area contributed by atoms with Crippen molar-refractivity contribution in [3.63, 3.8) is 0 Å². The summed E-state index contributed by atoms with van der Waals surface area (Å²) in [7, 11) is 3.04. The minimum atomic E-state index is -1.42. The number of carbonyl (C=O) groups is 1. The lowest BCUT2D eigenvalue weighted by molar-refractivity contribution is -0.182. The van der Waals surface area contributed by atoms with E-state index in [2.05, 4.69) is 20.9 Å². The van der Waals surface area contributed by atoms with Crippen molar-refractivity contribution in [2.75, 3.05) is 27.4 Å². The summed E-state index contributed by atoms with van der Waals surface area (Å²) < 4.78 is 15.8. The lowest BCUT2D eigenvalue weighted by Crippen LogP contribution is -2.52. The lowest BCUT2D eigenvalue weighted by atomic mass is 10.3. The van der Waals surface area contributed by atoms with Gasteiger partial charge < -0.3 is 19.4 Å². The maximum Gasteiger partial charge on any atom is 0.380 e. The number of hydroxylamine groups is 2. The molecular formula is C16H16BrCl2N3O5S. The average molecular weight is 513 g/mol. The van der Waals surface area contributed by atoms with E-state index < -0.39 is 23.1 Å². The molecule has 0 aliphatic carbocycles. The van der Waals surface area contributed by atoms with Gasteiger partial charge in [0.1, 0.15) is 12.4 Å². The number of rotatable bonds is 6. The van der Waals surface area contributed by atoms with Crippen molar-refractivity contribution in [2.24, 2.45) is 0 Å². The molecule has 0 radical (unpaired) electrons. The standard InChI is InChI=1S/C16H16BrCl2N3O5S/c1-21-7-13(22(24,8-21)16-20-6-12(17)28-16)27-14(23)15(25-2)26-11-5-9(18)3-4-10(11)19/h3-6,13,15H,7-8H2,1-2H3. The normalized spacial score (nSPS) is 23.6. The van der Waals surface area contributed by atoms with E-state index in [4.69, 9.17) is 37.4 Å². The van der Waals surface area contributed by atoms with E-state index in [0.29, 0.717) is 8.81 Å². The largest absolute Gasteiger partial charge is 0.622 e. The van der Waals surface area contributed by atoms with E-state index in [1.807, 2.05) is 0 Å². The number of ether oxygens (including phenoxy) is 3. The summed E-state index contributed by atoms with van der Waals surface area (Å²) in [6, 6.07) is 4.57. The Morgan fingerprint density at radius 2 is 2.25 bits per heavy atom. The fraction of sp³-hybridized carbons (Fsp3) is 0.375. The summed E-state index contributed by atoms with van der Waals surface area (Å²) in [4.78, 5) is 18.5. The van der Waals surface area contributed by atoms with Crippen molar-refractivity contribution in [2.45, 2.75) is 12.5 Å². The lowest BCUT2D eigenvalue weighted by Gasteiger charge is -2.38. The predicted molar refractivity (Wildman–Crippen MR) is 110 cm³/mol. The van der Waals surface area contributed by atoms with E-state index in [9.17, 15) is 10.0 Å². The molecule has 3 unspecified atom stereocenters. The Kier molecular flexibility index (Phi) is 6.83. The van der Waals surface area contributed by atoms with Crippen LogP contribution in [-0.4, -0.2) is 55.7 Å². The van der Waals surface area contributed by atoms with Crippen LogP contribution in [0.3, 0.4) is 0 Å². The van der Waals surface area contributed by atoms with Gasteiger partial charge in [-0.25, -0.2) is 9.69 Å². The topological polar surface area (TPSA) is 84.0 Å². The Morgan fingerprint density at radius 3 is 2.89 bits per heavy atom. The van der Waals surface area contributed by atoms with Crippen molar-refractivity contribution in [3.8, 4) is 5.75 Å². The highest BCUT2D eigenvalue weighted by Crippen LogP contribution is 2.36. The average Bonchev–Trinajstić information content (AvgIpc) is 3.19. The van der Waals surface area contributed by atoms with E-state index >= 15 is 0 Å². The van der Waals surface area contributed by atoms with Gasteiger partial charge in [0, 0.05) is 18.2 Å². The van der Waals surface area contributed by atoms with Crippen molar-refractivity contribution in [1.82, 2.24) is 14.5 Å². The molecule has 152 valence electrons. The quantitative estimate of drug-likeness (QED) is 0.251. The smallest absolute Gasteiger partial charge is 0.380 e. The number of hydrogen-bond acceptors (Lipinski definition) is 8. The summed E-state index contributed by atoms with van der Waals surface area (Å²) in [5, 5.41) is 14.3. The molecule has 2 aromatic rings. The highest BCUT2D eigenvalue weighted by molar-refractivity contribution is 9.11. The molecule has 2 heterocycles. The molecule has 1 aliphatic rings. The van der Waals surface area contributed by atoms with Crippen LogP contribution in [-0.2, 0) is 14.3 Å². The number of halogens is 3. The first-order valence-electron chi connectivity index (χ1n) is 7.97. The number of hydrogen-bond donors (Lipinski definition) is 0. The fourth-order valence-electron chi connectivity index (χ4n) is 2.70. The highest BCUT2D eigenvalue weighted by atomic mass is 79.9. The Balaban J connectivity index is 1.76. The molecule has 0 bridgehead atoms. The number of carbonyl (C=O) groups excluding carboxylic acids is 1. The van der Waals surface area contributed by atoms with E-state index in [-0.39, 0.29) is 29.1 Å². The van der Waals surface area contributed by atoms with E-state index in [1.54, 1.807) is 18.0 Å². The second-order valence-electron chi connectivity index (χ2n) is 6.07. The molecule has 3 atom stereocenters. The Morgan fingerprint density at radius 1 is 1.50 bits per heavy atom. The number of nitrogens with zero attached hydrogens (tertiary/aromatic N) is 3. The summed E-state index contributed by atoms with van der Waals surface area (Å²) >= 11 is 16.5. The first kappa shape index (κ1) is 21.7. The van der Waals surface area contributed by atoms with Crippen LogP contribution >= 0.6 is 50.5 Å². The van der Waals surface area contributed by atoms with Crippen molar-refractivity contribution < 1.29 is 19.0 Å². The van der Waals surface area contributed by atoms with Crippen LogP contribution in [0.2, 0.25) is 10.0 Å². The van der Waals surface area contributed by atoms with Gasteiger partial charge in [-0.1, -0.05) is 23.2 Å². The Hall–Kier alpha value is -0.980. The van der Waals surface area contributed by atoms with Gasteiger partial charge in [0.2, 0.25) is 0 Å². The van der Waals surface area contributed by atoms with Gasteiger partial charge in [-0.2, -0.15) is 4.98 Å². The molecule has 1 aliphatic heterocycles. The molecule has 1 fully saturated rings. The van der Waals surface area contributed by atoms with Crippen molar-refractivity contribution in [3.05, 3.63) is 43.4 Å². The van der Waals surface area contributed by atoms with Crippen LogP contribution in [0, 0.1) is 5.21 Å². The summed E-state index contributed by atoms with van der Waals surface area (Å²) in [5.41, 5.74) is 0. The number of benzene rings is 1. The van der Waals surface area contributed by atoms with Crippen LogP contribution in [0.1, 0.15) is 0 Å². The number of likely N-dealkylation sites (N-methyl/N-ethyl adjacent to an activating group) is 1. The maximum absolute atomic E-state index is 13.4. The van der Waals surface area contributed by atoms with Crippen molar-refractivity contribution >= 4 is 61.6 Å². The van der Waals surface area contributed by atoms with Gasteiger partial charge in [-0.3, -0.25) is 4.65 Å². The van der Waals surface area contributed by atoms with E-state index in [0.717, 1.165) is 0 Å². The number of methoxy groups -OCH3 is 1. The fourth-order valence-corrected chi connectivity index (χ4v) is 4.27. The third-order valence-electron chi connectivity index (χ3n) is 3.96. The number of aromatic nitrogens is 1. The van der Waals surface area contributed by atoms with Crippen molar-refractivity contribution in [1.29, 1.82) is 0 Å². The summed E-state index contributed by atoms with van der Waals surface area (Å²) in [5.74, 6) is -0.693. The monoisotopic (exact) mass is 511 g/mol. The van der Waals surface area contributed by atoms with Crippen LogP contribution in [0.5, 0.6) is 5.75 Å². The zero-order chi connectivity index (χ0) is 20.5. The molecule has 0 amide bonds. The van der Waals surface area contributed by atoms with Gasteiger partial charge in [0.15, 0.2) is 0 Å². The Bertz CT molecular complexity index is 873. The molecular weight excluding hydrogens is 497 g/mol. The first-order valence-corrected chi connectivity index (χ1v) is 10.3. The molecule has 0 saturated carbocycles. The zero-order valence-electron chi connectivity index (χ0n) is 14.8. The minimum absolute atomic E-state index is 0.0938. The van der Waals surface area contributed by atoms with Gasteiger partial charge in [0.25, 0.3) is 17.6 Å². The molecule has 0 N–H and O–H groups in total. The van der Waals surface area contributed by atoms with Crippen LogP contribution in [0.15, 0.2) is 28.2 Å².